The van der Waals surface area contributed by atoms with E-state index in [1.165, 1.54) is 5.56 Å². The van der Waals surface area contributed by atoms with E-state index in [-0.39, 0.29) is 11.8 Å². The van der Waals surface area contributed by atoms with Crippen molar-refractivity contribution in [2.45, 2.75) is 26.2 Å². The first-order valence-corrected chi connectivity index (χ1v) is 15.5. The highest BCUT2D eigenvalue weighted by molar-refractivity contribution is 5.98. The van der Waals surface area contributed by atoms with Gasteiger partial charge in [0.15, 0.2) is 5.69 Å². The van der Waals surface area contributed by atoms with Crippen LogP contribution in [0.15, 0.2) is 36.5 Å². The van der Waals surface area contributed by atoms with Crippen molar-refractivity contribution < 1.29 is 14.4 Å². The monoisotopic (exact) mass is 575 g/mol. The number of piperidine rings is 1. The minimum Gasteiger partial charge on any atom is -0.386 e. The molecule has 3 amide bonds. The summed E-state index contributed by atoms with van der Waals surface area (Å²) in [5.41, 5.74) is 4.65. The Morgan fingerprint density at radius 3 is 2.29 bits per heavy atom. The van der Waals surface area contributed by atoms with Crippen LogP contribution in [0.4, 0.5) is 5.69 Å². The highest BCUT2D eigenvalue weighted by Gasteiger charge is 2.29. The molecule has 0 atom stereocenters. The minimum atomic E-state index is -0.00230. The van der Waals surface area contributed by atoms with E-state index in [9.17, 15) is 14.4 Å². The zero-order valence-corrected chi connectivity index (χ0v) is 25.1. The molecule has 4 heterocycles. The van der Waals surface area contributed by atoms with Crippen LogP contribution >= 0.6 is 0 Å². The van der Waals surface area contributed by atoms with Gasteiger partial charge in [-0.2, -0.15) is 0 Å². The fourth-order valence-corrected chi connectivity index (χ4v) is 6.29. The number of nitrogens with one attached hydrogen (secondary N) is 1. The third-order valence-corrected chi connectivity index (χ3v) is 9.09. The van der Waals surface area contributed by atoms with E-state index >= 15 is 0 Å². The molecule has 1 N–H and O–H groups in total. The van der Waals surface area contributed by atoms with E-state index in [4.69, 9.17) is 0 Å². The number of rotatable bonds is 9. The Balaban J connectivity index is 1.06. The standard InChI is InChI=1S/C32H45N7O3/c1-3-25-5-4-6-27(19-25)28-20-29(33-2)31(34-21-28)32(42)39-9-7-26(8-10-39)22-35-11-13-36(14-12-35)23-30(41)38-17-15-37(24-40)16-18-38/h4-6,19-21,24,26,33H,3,7-18,22-23H2,1-2H3. The van der Waals surface area contributed by atoms with E-state index in [2.05, 4.69) is 51.3 Å². The van der Waals surface area contributed by atoms with Gasteiger partial charge in [0, 0.05) is 90.8 Å². The van der Waals surface area contributed by atoms with Crippen LogP contribution in [0.5, 0.6) is 0 Å². The molecule has 0 saturated carbocycles. The minimum absolute atomic E-state index is 0.00230. The van der Waals surface area contributed by atoms with Crippen molar-refractivity contribution in [2.24, 2.45) is 5.92 Å². The first kappa shape index (κ1) is 30.0. The molecule has 0 spiro atoms. The summed E-state index contributed by atoms with van der Waals surface area (Å²) < 4.78 is 0. The van der Waals surface area contributed by atoms with Gasteiger partial charge in [-0.3, -0.25) is 19.3 Å². The topological polar surface area (TPSA) is 92.3 Å². The van der Waals surface area contributed by atoms with Crippen molar-refractivity contribution in [3.05, 3.63) is 47.8 Å². The summed E-state index contributed by atoms with van der Waals surface area (Å²) in [7, 11) is 1.85. The Labute approximate surface area is 249 Å². The third-order valence-electron chi connectivity index (χ3n) is 9.09. The molecule has 0 unspecified atom stereocenters. The summed E-state index contributed by atoms with van der Waals surface area (Å²) in [5, 5.41) is 3.20. The lowest BCUT2D eigenvalue weighted by molar-refractivity contribution is -0.136. The van der Waals surface area contributed by atoms with Crippen LogP contribution in [0.2, 0.25) is 0 Å². The molecule has 3 fully saturated rings. The first-order valence-electron chi connectivity index (χ1n) is 15.5. The third kappa shape index (κ3) is 7.28. The predicted octanol–water partition coefficient (Wildman–Crippen LogP) is 2.12. The molecular weight excluding hydrogens is 530 g/mol. The average molecular weight is 576 g/mol. The van der Waals surface area contributed by atoms with E-state index in [0.29, 0.717) is 44.3 Å². The molecule has 10 nitrogen and oxygen atoms in total. The van der Waals surface area contributed by atoms with Crippen molar-refractivity contribution in [2.75, 3.05) is 90.9 Å². The van der Waals surface area contributed by atoms with Crippen LogP contribution in [0.1, 0.15) is 35.8 Å². The summed E-state index contributed by atoms with van der Waals surface area (Å²) in [5.74, 6) is 0.737. The van der Waals surface area contributed by atoms with Crippen molar-refractivity contribution in [1.29, 1.82) is 0 Å². The summed E-state index contributed by atoms with van der Waals surface area (Å²) >= 11 is 0. The Morgan fingerprint density at radius 2 is 1.62 bits per heavy atom. The van der Waals surface area contributed by atoms with Crippen molar-refractivity contribution in [3.8, 4) is 11.1 Å². The highest BCUT2D eigenvalue weighted by Crippen LogP contribution is 2.27. The van der Waals surface area contributed by atoms with Gasteiger partial charge in [0.1, 0.15) is 0 Å². The van der Waals surface area contributed by atoms with Gasteiger partial charge >= 0.3 is 0 Å². The quantitative estimate of drug-likeness (QED) is 0.458. The van der Waals surface area contributed by atoms with Crippen LogP contribution in [-0.2, 0) is 16.0 Å². The van der Waals surface area contributed by atoms with Gasteiger partial charge in [0.05, 0.1) is 12.2 Å². The SMILES string of the molecule is CCc1cccc(-c2cnc(C(=O)N3CCC(CN4CCN(CC(=O)N5CCN(C=O)CC5)CC4)CC3)c(NC)c2)c1. The van der Waals surface area contributed by atoms with Crippen molar-refractivity contribution >= 4 is 23.9 Å². The molecule has 226 valence electrons. The summed E-state index contributed by atoms with van der Waals surface area (Å²) in [6.45, 7) is 11.4. The number of carbonyl (C=O) groups is 3. The van der Waals surface area contributed by atoms with Crippen LogP contribution < -0.4 is 5.32 Å². The number of aryl methyl sites for hydroxylation is 1. The van der Waals surface area contributed by atoms with Gasteiger partial charge in [0.2, 0.25) is 12.3 Å². The Bertz CT molecular complexity index is 1230. The number of amides is 3. The van der Waals surface area contributed by atoms with E-state index in [0.717, 1.165) is 88.3 Å². The first-order chi connectivity index (χ1) is 20.5. The second-order valence-corrected chi connectivity index (χ2v) is 11.8. The second-order valence-electron chi connectivity index (χ2n) is 11.8. The lowest BCUT2D eigenvalue weighted by Crippen LogP contribution is -2.54. The largest absolute Gasteiger partial charge is 0.386 e. The van der Waals surface area contributed by atoms with Crippen LogP contribution in [0.25, 0.3) is 11.1 Å². The van der Waals surface area contributed by atoms with Crippen LogP contribution in [0, 0.1) is 5.92 Å². The fraction of sp³-hybridized carbons (Fsp3) is 0.562. The Morgan fingerprint density at radius 1 is 0.905 bits per heavy atom. The van der Waals surface area contributed by atoms with E-state index in [1.54, 1.807) is 4.90 Å². The zero-order valence-electron chi connectivity index (χ0n) is 25.1. The number of hydrogen-bond acceptors (Lipinski definition) is 7. The van der Waals surface area contributed by atoms with E-state index in [1.807, 2.05) is 29.1 Å². The number of benzene rings is 1. The summed E-state index contributed by atoms with van der Waals surface area (Å²) in [4.78, 5) is 52.0. The van der Waals surface area contributed by atoms with Crippen LogP contribution in [0.3, 0.4) is 0 Å². The molecule has 42 heavy (non-hydrogen) atoms. The van der Waals surface area contributed by atoms with Crippen molar-refractivity contribution in [3.63, 3.8) is 0 Å². The molecule has 0 aliphatic carbocycles. The smallest absolute Gasteiger partial charge is 0.274 e. The maximum atomic E-state index is 13.5. The molecule has 1 aromatic heterocycles. The number of anilines is 1. The molecule has 3 aliphatic heterocycles. The lowest BCUT2D eigenvalue weighted by Gasteiger charge is -2.39. The van der Waals surface area contributed by atoms with Gasteiger partial charge in [-0.05, 0) is 42.4 Å². The number of carbonyl (C=O) groups excluding carboxylic acids is 3. The predicted molar refractivity (Wildman–Crippen MR) is 164 cm³/mol. The number of pyridine rings is 1. The fourth-order valence-electron chi connectivity index (χ4n) is 6.29. The summed E-state index contributed by atoms with van der Waals surface area (Å²) in [6, 6.07) is 10.5. The highest BCUT2D eigenvalue weighted by atomic mass is 16.2. The molecule has 3 saturated heterocycles. The molecule has 0 radical (unpaired) electrons. The molecule has 1 aromatic carbocycles. The number of likely N-dealkylation sites (tertiary alicyclic amines) is 1. The Kier molecular flexibility index (Phi) is 10.1. The van der Waals surface area contributed by atoms with Crippen LogP contribution in [-0.4, -0.2) is 133 Å². The van der Waals surface area contributed by atoms with E-state index < -0.39 is 0 Å². The maximum absolute atomic E-state index is 13.5. The van der Waals surface area contributed by atoms with Gasteiger partial charge < -0.3 is 24.9 Å². The molecule has 10 heteroatoms. The summed E-state index contributed by atoms with van der Waals surface area (Å²) in [6.07, 6.45) is 5.65. The lowest BCUT2D eigenvalue weighted by atomic mass is 9.95. The Hall–Kier alpha value is -3.50. The number of hydrogen-bond donors (Lipinski definition) is 1. The molecule has 2 aromatic rings. The molecule has 0 bridgehead atoms. The van der Waals surface area contributed by atoms with Crippen molar-refractivity contribution in [1.82, 2.24) is 29.5 Å². The zero-order chi connectivity index (χ0) is 29.5. The second kappa shape index (κ2) is 14.1. The van der Waals surface area contributed by atoms with Gasteiger partial charge in [-0.1, -0.05) is 31.2 Å². The maximum Gasteiger partial charge on any atom is 0.274 e. The number of nitrogens with zero attached hydrogens (tertiary/aromatic N) is 6. The molecule has 3 aliphatic rings. The number of aromatic nitrogens is 1. The van der Waals surface area contributed by atoms with Gasteiger partial charge in [-0.15, -0.1) is 0 Å². The molecular formula is C32H45N7O3. The average Bonchev–Trinajstić information content (AvgIpc) is 3.05. The van der Waals surface area contributed by atoms with Gasteiger partial charge in [0.25, 0.3) is 5.91 Å². The number of piperazine rings is 2. The van der Waals surface area contributed by atoms with Gasteiger partial charge in [-0.25, -0.2) is 4.98 Å². The molecule has 5 rings (SSSR count). The normalized spacial score (nSPS) is 19.1.